The summed E-state index contributed by atoms with van der Waals surface area (Å²) in [5.74, 6) is 0.813. The van der Waals surface area contributed by atoms with Crippen molar-refractivity contribution < 1.29 is 9.53 Å². The molecule has 0 aliphatic carbocycles. The van der Waals surface area contributed by atoms with Gasteiger partial charge in [0.15, 0.2) is 0 Å². The SMILES string of the molecule is CCCCC(=O)Nc1cc(CBr)cc(OC)c1. The number of benzene rings is 1. The zero-order valence-electron chi connectivity index (χ0n) is 10.3. The largest absolute Gasteiger partial charge is 0.497 e. The first-order chi connectivity index (χ1) is 8.19. The molecule has 0 saturated carbocycles. The molecule has 0 aliphatic heterocycles. The maximum Gasteiger partial charge on any atom is 0.224 e. The Labute approximate surface area is 111 Å². The average Bonchev–Trinajstić information content (AvgIpc) is 2.35. The summed E-state index contributed by atoms with van der Waals surface area (Å²) in [6, 6.07) is 5.72. The van der Waals surface area contributed by atoms with Gasteiger partial charge in [0.2, 0.25) is 5.91 Å². The molecule has 0 heterocycles. The molecule has 0 aromatic heterocycles. The van der Waals surface area contributed by atoms with E-state index in [0.717, 1.165) is 35.2 Å². The molecule has 0 spiro atoms. The molecule has 0 fully saturated rings. The van der Waals surface area contributed by atoms with Crippen LogP contribution in [0.15, 0.2) is 18.2 Å². The lowest BCUT2D eigenvalue weighted by Gasteiger charge is -2.09. The lowest BCUT2D eigenvalue weighted by molar-refractivity contribution is -0.116. The molecule has 1 rings (SSSR count). The third kappa shape index (κ3) is 4.77. The van der Waals surface area contributed by atoms with Crippen LogP contribution >= 0.6 is 15.9 Å². The fourth-order valence-electron chi connectivity index (χ4n) is 1.49. The van der Waals surface area contributed by atoms with Gasteiger partial charge in [-0.1, -0.05) is 29.3 Å². The summed E-state index contributed by atoms with van der Waals surface area (Å²) in [6.07, 6.45) is 2.51. The van der Waals surface area contributed by atoms with E-state index in [1.165, 1.54) is 0 Å². The van der Waals surface area contributed by atoms with Crippen LogP contribution in [0, 0.1) is 0 Å². The molecule has 0 aliphatic rings. The second-order valence-electron chi connectivity index (χ2n) is 3.86. The highest BCUT2D eigenvalue weighted by Gasteiger charge is 2.04. The molecule has 3 nitrogen and oxygen atoms in total. The first-order valence-electron chi connectivity index (χ1n) is 5.73. The Morgan fingerprint density at radius 3 is 2.76 bits per heavy atom. The third-order valence-electron chi connectivity index (χ3n) is 2.40. The van der Waals surface area contributed by atoms with Crippen molar-refractivity contribution in [1.82, 2.24) is 0 Å². The Kier molecular flexibility index (Phi) is 6.05. The number of ether oxygens (including phenoxy) is 1. The van der Waals surface area contributed by atoms with Crippen LogP contribution in [-0.2, 0) is 10.1 Å². The highest BCUT2D eigenvalue weighted by atomic mass is 79.9. The van der Waals surface area contributed by atoms with E-state index in [0.29, 0.717) is 6.42 Å². The minimum Gasteiger partial charge on any atom is -0.497 e. The minimum absolute atomic E-state index is 0.0561. The van der Waals surface area contributed by atoms with Crippen molar-refractivity contribution in [2.24, 2.45) is 0 Å². The molecule has 4 heteroatoms. The zero-order valence-corrected chi connectivity index (χ0v) is 11.8. The first-order valence-corrected chi connectivity index (χ1v) is 6.85. The van der Waals surface area contributed by atoms with Crippen LogP contribution in [0.25, 0.3) is 0 Å². The van der Waals surface area contributed by atoms with Crippen molar-refractivity contribution in [3.63, 3.8) is 0 Å². The predicted octanol–water partition coefficient (Wildman–Crippen LogP) is 3.72. The van der Waals surface area contributed by atoms with Crippen LogP contribution in [0.3, 0.4) is 0 Å². The normalized spacial score (nSPS) is 10.1. The maximum absolute atomic E-state index is 11.6. The quantitative estimate of drug-likeness (QED) is 0.813. The summed E-state index contributed by atoms with van der Waals surface area (Å²) >= 11 is 3.39. The highest BCUT2D eigenvalue weighted by molar-refractivity contribution is 9.08. The average molecular weight is 300 g/mol. The van der Waals surface area contributed by atoms with Gasteiger partial charge in [-0.3, -0.25) is 4.79 Å². The Hall–Kier alpha value is -1.03. The van der Waals surface area contributed by atoms with E-state index in [2.05, 4.69) is 28.2 Å². The lowest BCUT2D eigenvalue weighted by atomic mass is 10.2. The molecular formula is C13H18BrNO2. The lowest BCUT2D eigenvalue weighted by Crippen LogP contribution is -2.11. The Morgan fingerprint density at radius 1 is 1.41 bits per heavy atom. The second kappa shape index (κ2) is 7.33. The van der Waals surface area contributed by atoms with E-state index in [1.54, 1.807) is 7.11 Å². The molecule has 1 amide bonds. The Morgan fingerprint density at radius 2 is 2.18 bits per heavy atom. The number of hydrogen-bond donors (Lipinski definition) is 1. The zero-order chi connectivity index (χ0) is 12.7. The van der Waals surface area contributed by atoms with Gasteiger partial charge in [0.1, 0.15) is 5.75 Å². The van der Waals surface area contributed by atoms with E-state index < -0.39 is 0 Å². The van der Waals surface area contributed by atoms with Gasteiger partial charge >= 0.3 is 0 Å². The van der Waals surface area contributed by atoms with Crippen molar-refractivity contribution in [1.29, 1.82) is 0 Å². The molecule has 0 atom stereocenters. The fraction of sp³-hybridized carbons (Fsp3) is 0.462. The molecule has 0 saturated heterocycles. The van der Waals surface area contributed by atoms with E-state index in [4.69, 9.17) is 4.74 Å². The molecule has 0 radical (unpaired) electrons. The Balaban J connectivity index is 2.72. The van der Waals surface area contributed by atoms with Crippen LogP contribution in [0.1, 0.15) is 31.7 Å². The number of anilines is 1. The highest BCUT2D eigenvalue weighted by Crippen LogP contribution is 2.22. The number of rotatable bonds is 6. The molecule has 0 bridgehead atoms. The number of carbonyl (C=O) groups excluding carboxylic acids is 1. The molecular weight excluding hydrogens is 282 g/mol. The summed E-state index contributed by atoms with van der Waals surface area (Å²) < 4.78 is 5.19. The van der Waals surface area contributed by atoms with Gasteiger partial charge in [-0.15, -0.1) is 0 Å². The summed E-state index contributed by atoms with van der Waals surface area (Å²) in [5.41, 5.74) is 1.87. The van der Waals surface area contributed by atoms with Gasteiger partial charge in [-0.05, 0) is 24.1 Å². The first kappa shape index (κ1) is 14.0. The van der Waals surface area contributed by atoms with Crippen LogP contribution < -0.4 is 10.1 Å². The minimum atomic E-state index is 0.0561. The standard InChI is InChI=1S/C13H18BrNO2/c1-3-4-5-13(16)15-11-6-10(9-14)7-12(8-11)17-2/h6-8H,3-5,9H2,1-2H3,(H,15,16). The van der Waals surface area contributed by atoms with Crippen LogP contribution in [-0.4, -0.2) is 13.0 Å². The van der Waals surface area contributed by atoms with E-state index >= 15 is 0 Å². The van der Waals surface area contributed by atoms with Gasteiger partial charge in [0, 0.05) is 23.5 Å². The van der Waals surface area contributed by atoms with Gasteiger partial charge < -0.3 is 10.1 Å². The summed E-state index contributed by atoms with van der Waals surface area (Å²) in [4.78, 5) is 11.6. The number of carbonyl (C=O) groups is 1. The summed E-state index contributed by atoms with van der Waals surface area (Å²) in [6.45, 7) is 2.07. The summed E-state index contributed by atoms with van der Waals surface area (Å²) in [5, 5.41) is 3.62. The number of nitrogens with one attached hydrogen (secondary N) is 1. The number of methoxy groups -OCH3 is 1. The number of amides is 1. The van der Waals surface area contributed by atoms with Crippen molar-refractivity contribution in [3.05, 3.63) is 23.8 Å². The van der Waals surface area contributed by atoms with Crippen molar-refractivity contribution in [2.45, 2.75) is 31.5 Å². The van der Waals surface area contributed by atoms with Crippen molar-refractivity contribution in [2.75, 3.05) is 12.4 Å². The Bertz CT molecular complexity index is 357. The topological polar surface area (TPSA) is 38.3 Å². The van der Waals surface area contributed by atoms with Gasteiger partial charge in [0.25, 0.3) is 0 Å². The number of halogens is 1. The molecule has 1 N–H and O–H groups in total. The van der Waals surface area contributed by atoms with Gasteiger partial charge in [0.05, 0.1) is 7.11 Å². The van der Waals surface area contributed by atoms with Gasteiger partial charge in [-0.25, -0.2) is 0 Å². The smallest absolute Gasteiger partial charge is 0.224 e. The number of hydrogen-bond acceptors (Lipinski definition) is 2. The number of unbranched alkanes of at least 4 members (excludes halogenated alkanes) is 1. The maximum atomic E-state index is 11.6. The van der Waals surface area contributed by atoms with E-state index in [9.17, 15) is 4.79 Å². The van der Waals surface area contributed by atoms with Gasteiger partial charge in [-0.2, -0.15) is 0 Å². The monoisotopic (exact) mass is 299 g/mol. The molecule has 0 unspecified atom stereocenters. The van der Waals surface area contributed by atoms with Crippen LogP contribution in [0.2, 0.25) is 0 Å². The van der Waals surface area contributed by atoms with Crippen LogP contribution in [0.5, 0.6) is 5.75 Å². The number of alkyl halides is 1. The van der Waals surface area contributed by atoms with E-state index in [-0.39, 0.29) is 5.91 Å². The molecule has 1 aromatic carbocycles. The van der Waals surface area contributed by atoms with E-state index in [1.807, 2.05) is 18.2 Å². The molecule has 17 heavy (non-hydrogen) atoms. The summed E-state index contributed by atoms with van der Waals surface area (Å²) in [7, 11) is 1.62. The second-order valence-corrected chi connectivity index (χ2v) is 4.42. The fourth-order valence-corrected chi connectivity index (χ4v) is 1.81. The van der Waals surface area contributed by atoms with Crippen LogP contribution in [0.4, 0.5) is 5.69 Å². The van der Waals surface area contributed by atoms with Crippen molar-refractivity contribution >= 4 is 27.5 Å². The van der Waals surface area contributed by atoms with Crippen molar-refractivity contribution in [3.8, 4) is 5.75 Å². The molecule has 94 valence electrons. The molecule has 1 aromatic rings. The predicted molar refractivity (Wildman–Crippen MR) is 73.8 cm³/mol. The third-order valence-corrected chi connectivity index (χ3v) is 3.04.